The molecule has 0 bridgehead atoms. The van der Waals surface area contributed by atoms with Crippen LogP contribution in [-0.2, 0) is 11.2 Å². The number of hydrogen-bond acceptors (Lipinski definition) is 4. The van der Waals surface area contributed by atoms with Gasteiger partial charge in [0.1, 0.15) is 11.3 Å². The second-order valence-electron chi connectivity index (χ2n) is 8.04. The van der Waals surface area contributed by atoms with Gasteiger partial charge in [0.25, 0.3) is 0 Å². The first-order chi connectivity index (χ1) is 13.2. The first-order valence-corrected chi connectivity index (χ1v) is 10.5. The first-order valence-electron chi connectivity index (χ1n) is 10.5. The highest BCUT2D eigenvalue weighted by Gasteiger charge is 2.33. The van der Waals surface area contributed by atoms with Gasteiger partial charge in [-0.1, -0.05) is 13.3 Å². The maximum atomic E-state index is 13.0. The molecule has 0 saturated carbocycles. The van der Waals surface area contributed by atoms with E-state index in [1.807, 2.05) is 12.3 Å². The SMILES string of the molecule is CCCc1nc2cccnc2n1C1CCN(C(=O)[C@@H]2CCCCN2C)CC1. The van der Waals surface area contributed by atoms with Crippen LogP contribution in [0.2, 0.25) is 0 Å². The molecule has 2 aromatic rings. The van der Waals surface area contributed by atoms with E-state index in [9.17, 15) is 4.79 Å². The molecule has 0 radical (unpaired) electrons. The molecular formula is C21H31N5O. The number of nitrogens with zero attached hydrogens (tertiary/aromatic N) is 5. The summed E-state index contributed by atoms with van der Waals surface area (Å²) in [5.74, 6) is 1.47. The minimum atomic E-state index is 0.0849. The lowest BCUT2D eigenvalue weighted by molar-refractivity contribution is -0.139. The van der Waals surface area contributed by atoms with Gasteiger partial charge < -0.3 is 9.47 Å². The van der Waals surface area contributed by atoms with E-state index in [-0.39, 0.29) is 6.04 Å². The maximum Gasteiger partial charge on any atom is 0.239 e. The highest BCUT2D eigenvalue weighted by Crippen LogP contribution is 2.29. The van der Waals surface area contributed by atoms with Crippen LogP contribution in [0.15, 0.2) is 18.3 Å². The van der Waals surface area contributed by atoms with E-state index in [0.29, 0.717) is 11.9 Å². The summed E-state index contributed by atoms with van der Waals surface area (Å²) < 4.78 is 2.35. The summed E-state index contributed by atoms with van der Waals surface area (Å²) in [6.45, 7) is 4.91. The number of rotatable bonds is 4. The monoisotopic (exact) mass is 369 g/mol. The molecule has 27 heavy (non-hydrogen) atoms. The van der Waals surface area contributed by atoms with Crippen molar-refractivity contribution in [1.82, 2.24) is 24.3 Å². The lowest BCUT2D eigenvalue weighted by Gasteiger charge is -2.39. The van der Waals surface area contributed by atoms with Crippen LogP contribution in [0.4, 0.5) is 0 Å². The number of likely N-dealkylation sites (tertiary alicyclic amines) is 2. The highest BCUT2D eigenvalue weighted by atomic mass is 16.2. The van der Waals surface area contributed by atoms with E-state index < -0.39 is 0 Å². The number of likely N-dealkylation sites (N-methyl/N-ethyl adjacent to an activating group) is 1. The van der Waals surface area contributed by atoms with Crippen LogP contribution in [0.5, 0.6) is 0 Å². The number of piperidine rings is 2. The van der Waals surface area contributed by atoms with Crippen LogP contribution in [0.1, 0.15) is 57.3 Å². The fourth-order valence-electron chi connectivity index (χ4n) is 4.70. The van der Waals surface area contributed by atoms with Crippen molar-refractivity contribution in [2.45, 2.75) is 64.0 Å². The minimum Gasteiger partial charge on any atom is -0.341 e. The van der Waals surface area contributed by atoms with Crippen molar-refractivity contribution in [3.8, 4) is 0 Å². The van der Waals surface area contributed by atoms with Crippen LogP contribution in [-0.4, -0.2) is 63.0 Å². The molecule has 6 nitrogen and oxygen atoms in total. The number of aromatic nitrogens is 3. The van der Waals surface area contributed by atoms with Crippen LogP contribution in [0.25, 0.3) is 11.2 Å². The summed E-state index contributed by atoms with van der Waals surface area (Å²) in [5.41, 5.74) is 1.99. The molecule has 1 atom stereocenters. The number of pyridine rings is 1. The van der Waals surface area contributed by atoms with Crippen molar-refractivity contribution < 1.29 is 4.79 Å². The van der Waals surface area contributed by atoms with Gasteiger partial charge in [0.15, 0.2) is 5.65 Å². The zero-order valence-corrected chi connectivity index (χ0v) is 16.6. The molecule has 0 aromatic carbocycles. The molecule has 2 aliphatic heterocycles. The molecule has 146 valence electrons. The lowest BCUT2D eigenvalue weighted by Crippen LogP contribution is -2.51. The van der Waals surface area contributed by atoms with Gasteiger partial charge in [-0.15, -0.1) is 0 Å². The Kier molecular flexibility index (Phi) is 5.43. The van der Waals surface area contributed by atoms with Crippen LogP contribution in [0.3, 0.4) is 0 Å². The molecule has 1 amide bonds. The summed E-state index contributed by atoms with van der Waals surface area (Å²) in [7, 11) is 2.09. The molecule has 4 rings (SSSR count). The van der Waals surface area contributed by atoms with E-state index in [0.717, 1.165) is 68.7 Å². The molecule has 2 saturated heterocycles. The molecule has 0 spiro atoms. The van der Waals surface area contributed by atoms with Crippen LogP contribution in [0, 0.1) is 0 Å². The Hall–Kier alpha value is -1.95. The first kappa shape index (κ1) is 18.4. The third-order valence-corrected chi connectivity index (χ3v) is 6.19. The molecule has 0 aliphatic carbocycles. The standard InChI is InChI=1S/C21H31N5O/c1-3-7-19-23-17-8-6-12-22-20(17)26(19)16-10-14-25(15-11-16)21(27)18-9-4-5-13-24(18)2/h6,8,12,16,18H,3-5,7,9-11,13-15H2,1-2H3/t18-/m0/s1. The minimum absolute atomic E-state index is 0.0849. The molecular weight excluding hydrogens is 338 g/mol. The quantitative estimate of drug-likeness (QED) is 0.831. The highest BCUT2D eigenvalue weighted by molar-refractivity contribution is 5.82. The van der Waals surface area contributed by atoms with Gasteiger partial charge in [-0.25, -0.2) is 9.97 Å². The normalized spacial score (nSPS) is 22.4. The third kappa shape index (κ3) is 3.59. The van der Waals surface area contributed by atoms with Crippen molar-refractivity contribution in [1.29, 1.82) is 0 Å². The average molecular weight is 370 g/mol. The predicted octanol–water partition coefficient (Wildman–Crippen LogP) is 3.03. The van der Waals surface area contributed by atoms with Crippen molar-refractivity contribution in [2.24, 2.45) is 0 Å². The van der Waals surface area contributed by atoms with E-state index in [4.69, 9.17) is 4.98 Å². The Labute approximate surface area is 161 Å². The maximum absolute atomic E-state index is 13.0. The fourth-order valence-corrected chi connectivity index (χ4v) is 4.70. The smallest absolute Gasteiger partial charge is 0.239 e. The number of fused-ring (bicyclic) bond motifs is 1. The van der Waals surface area contributed by atoms with Gasteiger partial charge in [0.05, 0.1) is 6.04 Å². The summed E-state index contributed by atoms with van der Waals surface area (Å²) in [6, 6.07) is 4.48. The van der Waals surface area contributed by atoms with Gasteiger partial charge in [-0.05, 0) is 57.8 Å². The molecule has 4 heterocycles. The Morgan fingerprint density at radius 3 is 2.74 bits per heavy atom. The van der Waals surface area contributed by atoms with Gasteiger partial charge in [0.2, 0.25) is 5.91 Å². The fraction of sp³-hybridized carbons (Fsp3) is 0.667. The molecule has 2 fully saturated rings. The second kappa shape index (κ2) is 7.97. The van der Waals surface area contributed by atoms with Crippen molar-refractivity contribution >= 4 is 17.1 Å². The number of carbonyl (C=O) groups excluding carboxylic acids is 1. The second-order valence-corrected chi connectivity index (χ2v) is 8.04. The Balaban J connectivity index is 1.48. The summed E-state index contributed by atoms with van der Waals surface area (Å²) in [6.07, 6.45) is 9.27. The van der Waals surface area contributed by atoms with Crippen molar-refractivity contribution in [2.75, 3.05) is 26.7 Å². The molecule has 0 N–H and O–H groups in total. The Morgan fingerprint density at radius 1 is 1.19 bits per heavy atom. The zero-order valence-electron chi connectivity index (χ0n) is 16.6. The van der Waals surface area contributed by atoms with E-state index in [2.05, 4.69) is 39.4 Å². The number of aryl methyl sites for hydroxylation is 1. The van der Waals surface area contributed by atoms with Gasteiger partial charge in [-0.2, -0.15) is 0 Å². The third-order valence-electron chi connectivity index (χ3n) is 6.19. The van der Waals surface area contributed by atoms with Gasteiger partial charge >= 0.3 is 0 Å². The molecule has 6 heteroatoms. The van der Waals surface area contributed by atoms with E-state index >= 15 is 0 Å². The predicted molar refractivity (Wildman–Crippen MR) is 107 cm³/mol. The largest absolute Gasteiger partial charge is 0.341 e. The van der Waals surface area contributed by atoms with E-state index in [1.54, 1.807) is 0 Å². The molecule has 0 unspecified atom stereocenters. The number of carbonyl (C=O) groups is 1. The van der Waals surface area contributed by atoms with Crippen molar-refractivity contribution in [3.63, 3.8) is 0 Å². The van der Waals surface area contributed by atoms with Crippen molar-refractivity contribution in [3.05, 3.63) is 24.2 Å². The van der Waals surface area contributed by atoms with Crippen LogP contribution < -0.4 is 0 Å². The Bertz CT molecular complexity index is 793. The lowest BCUT2D eigenvalue weighted by atomic mass is 9.99. The zero-order chi connectivity index (χ0) is 18.8. The van der Waals surface area contributed by atoms with E-state index in [1.165, 1.54) is 12.8 Å². The molecule has 2 aliphatic rings. The van der Waals surface area contributed by atoms with Gasteiger partial charge in [-0.3, -0.25) is 9.69 Å². The molecule has 2 aromatic heterocycles. The van der Waals surface area contributed by atoms with Crippen LogP contribution >= 0.6 is 0 Å². The topological polar surface area (TPSA) is 54.3 Å². The average Bonchev–Trinajstić information content (AvgIpc) is 3.06. The summed E-state index contributed by atoms with van der Waals surface area (Å²) in [5, 5.41) is 0. The number of amides is 1. The summed E-state index contributed by atoms with van der Waals surface area (Å²) >= 11 is 0. The van der Waals surface area contributed by atoms with Gasteiger partial charge in [0, 0.05) is 31.7 Å². The summed E-state index contributed by atoms with van der Waals surface area (Å²) in [4.78, 5) is 26.8. The number of imidazole rings is 1. The number of hydrogen-bond donors (Lipinski definition) is 0. The Morgan fingerprint density at radius 2 is 2.00 bits per heavy atom.